The monoisotopic (exact) mass is 439 g/mol. The van der Waals surface area contributed by atoms with Crippen molar-refractivity contribution in [3.63, 3.8) is 0 Å². The normalized spacial score (nSPS) is 16.2. The molecule has 3 aromatic rings. The molecular formula is C22H21N3O5S. The van der Waals surface area contributed by atoms with Gasteiger partial charge in [-0.25, -0.2) is 13.4 Å². The standard InChI is InChI=1S/C22H21N3O5S/c1-14-13-24(22(27)20-5-4-12-30-20)21-19(25(14)15(2)26)11-10-18(23-21)16-6-8-17(9-7-16)31(3,28)29/h4-12,14H,13H2,1-3H3/t14-/m0/s1. The van der Waals surface area contributed by atoms with E-state index >= 15 is 0 Å². The first-order valence-corrected chi connectivity index (χ1v) is 11.5. The summed E-state index contributed by atoms with van der Waals surface area (Å²) in [5.41, 5.74) is 1.77. The molecule has 0 radical (unpaired) electrons. The van der Waals surface area contributed by atoms with Crippen molar-refractivity contribution < 1.29 is 22.4 Å². The Hall–Kier alpha value is -3.46. The number of anilines is 2. The molecule has 0 bridgehead atoms. The predicted octanol–water partition coefficient (Wildman–Crippen LogP) is 3.15. The van der Waals surface area contributed by atoms with Gasteiger partial charge >= 0.3 is 0 Å². The maximum Gasteiger partial charge on any atom is 0.295 e. The number of nitrogens with zero attached hydrogens (tertiary/aromatic N) is 3. The molecule has 0 saturated carbocycles. The van der Waals surface area contributed by atoms with E-state index in [1.54, 1.807) is 41.3 Å². The fourth-order valence-corrected chi connectivity index (χ4v) is 4.35. The van der Waals surface area contributed by atoms with Crippen LogP contribution in [-0.2, 0) is 14.6 Å². The molecule has 1 aliphatic rings. The molecule has 0 saturated heterocycles. The van der Waals surface area contributed by atoms with Crippen LogP contribution in [0.3, 0.4) is 0 Å². The Kier molecular flexibility index (Phi) is 5.14. The van der Waals surface area contributed by atoms with Crippen molar-refractivity contribution >= 4 is 33.2 Å². The first-order chi connectivity index (χ1) is 14.7. The van der Waals surface area contributed by atoms with E-state index in [-0.39, 0.29) is 35.1 Å². The lowest BCUT2D eigenvalue weighted by Gasteiger charge is -2.39. The Bertz CT molecular complexity index is 1250. The predicted molar refractivity (Wildman–Crippen MR) is 116 cm³/mol. The second-order valence-corrected chi connectivity index (χ2v) is 9.48. The molecule has 160 valence electrons. The number of aromatic nitrogens is 1. The molecule has 9 heteroatoms. The number of benzene rings is 1. The summed E-state index contributed by atoms with van der Waals surface area (Å²) in [4.78, 5) is 33.4. The van der Waals surface area contributed by atoms with Crippen LogP contribution < -0.4 is 9.80 Å². The lowest BCUT2D eigenvalue weighted by molar-refractivity contribution is -0.117. The third kappa shape index (κ3) is 3.84. The number of pyridine rings is 1. The SMILES string of the molecule is CC(=O)N1c2ccc(-c3ccc(S(C)(=O)=O)cc3)nc2N(C(=O)c2ccco2)C[C@@H]1C. The molecule has 0 aliphatic carbocycles. The van der Waals surface area contributed by atoms with Gasteiger partial charge in [0, 0.05) is 25.3 Å². The second kappa shape index (κ2) is 7.66. The summed E-state index contributed by atoms with van der Waals surface area (Å²) in [7, 11) is -3.31. The molecule has 0 N–H and O–H groups in total. The second-order valence-electron chi connectivity index (χ2n) is 7.47. The molecule has 0 fully saturated rings. The van der Waals surface area contributed by atoms with E-state index in [2.05, 4.69) is 4.98 Å². The lowest BCUT2D eigenvalue weighted by atomic mass is 10.1. The van der Waals surface area contributed by atoms with Crippen molar-refractivity contribution in [2.45, 2.75) is 24.8 Å². The summed E-state index contributed by atoms with van der Waals surface area (Å²) in [6.07, 6.45) is 2.57. The van der Waals surface area contributed by atoms with E-state index in [0.29, 0.717) is 22.8 Å². The average molecular weight is 439 g/mol. The molecule has 3 heterocycles. The van der Waals surface area contributed by atoms with Crippen LogP contribution >= 0.6 is 0 Å². The van der Waals surface area contributed by atoms with E-state index in [4.69, 9.17) is 4.42 Å². The summed E-state index contributed by atoms with van der Waals surface area (Å²) < 4.78 is 28.7. The minimum atomic E-state index is -3.31. The van der Waals surface area contributed by atoms with Gasteiger partial charge in [0.15, 0.2) is 21.4 Å². The number of furan rings is 1. The fraction of sp³-hybridized carbons (Fsp3) is 0.227. The van der Waals surface area contributed by atoms with Crippen LogP contribution in [0.1, 0.15) is 24.4 Å². The first kappa shape index (κ1) is 20.8. The van der Waals surface area contributed by atoms with Crippen LogP contribution in [0, 0.1) is 0 Å². The van der Waals surface area contributed by atoms with Crippen molar-refractivity contribution in [1.29, 1.82) is 0 Å². The Labute approximate surface area is 180 Å². The van der Waals surface area contributed by atoms with Crippen molar-refractivity contribution in [2.75, 3.05) is 22.6 Å². The third-order valence-corrected chi connectivity index (χ3v) is 6.28. The lowest BCUT2D eigenvalue weighted by Crippen LogP contribution is -2.51. The van der Waals surface area contributed by atoms with E-state index < -0.39 is 9.84 Å². The van der Waals surface area contributed by atoms with Gasteiger partial charge in [-0.3, -0.25) is 14.5 Å². The Morgan fingerprint density at radius 3 is 2.39 bits per heavy atom. The van der Waals surface area contributed by atoms with Gasteiger partial charge in [-0.2, -0.15) is 0 Å². The minimum absolute atomic E-state index is 0.147. The quantitative estimate of drug-likeness (QED) is 0.621. The largest absolute Gasteiger partial charge is 0.459 e. The molecule has 1 aromatic carbocycles. The summed E-state index contributed by atoms with van der Waals surface area (Å²) >= 11 is 0. The molecule has 31 heavy (non-hydrogen) atoms. The van der Waals surface area contributed by atoms with E-state index in [0.717, 1.165) is 6.26 Å². The molecule has 4 rings (SSSR count). The molecule has 2 amide bonds. The van der Waals surface area contributed by atoms with Crippen LogP contribution in [0.2, 0.25) is 0 Å². The average Bonchev–Trinajstić information content (AvgIpc) is 3.26. The summed E-state index contributed by atoms with van der Waals surface area (Å²) in [5, 5.41) is 0. The Morgan fingerprint density at radius 1 is 1.10 bits per heavy atom. The topological polar surface area (TPSA) is 101 Å². The zero-order chi connectivity index (χ0) is 22.3. The number of hydrogen-bond donors (Lipinski definition) is 0. The number of carbonyl (C=O) groups excluding carboxylic acids is 2. The maximum absolute atomic E-state index is 13.1. The maximum atomic E-state index is 13.1. The summed E-state index contributed by atoms with van der Waals surface area (Å²) in [5.74, 6) is 0.0304. The number of sulfone groups is 1. The molecule has 1 aliphatic heterocycles. The van der Waals surface area contributed by atoms with Crippen LogP contribution in [-0.4, -0.2) is 44.1 Å². The van der Waals surface area contributed by atoms with Gasteiger partial charge in [-0.15, -0.1) is 0 Å². The summed E-state index contributed by atoms with van der Waals surface area (Å²) in [6, 6.07) is 12.8. The Morgan fingerprint density at radius 2 is 1.81 bits per heavy atom. The molecule has 0 unspecified atom stereocenters. The van der Waals surface area contributed by atoms with E-state index in [9.17, 15) is 18.0 Å². The van der Waals surface area contributed by atoms with E-state index in [1.165, 1.54) is 30.2 Å². The van der Waals surface area contributed by atoms with Gasteiger partial charge in [-0.05, 0) is 43.3 Å². The van der Waals surface area contributed by atoms with Gasteiger partial charge in [0.25, 0.3) is 5.91 Å². The van der Waals surface area contributed by atoms with Gasteiger partial charge in [0.2, 0.25) is 5.91 Å². The van der Waals surface area contributed by atoms with Crippen LogP contribution in [0.5, 0.6) is 0 Å². The smallest absolute Gasteiger partial charge is 0.295 e. The minimum Gasteiger partial charge on any atom is -0.459 e. The highest BCUT2D eigenvalue weighted by Crippen LogP contribution is 2.37. The van der Waals surface area contributed by atoms with Gasteiger partial charge < -0.3 is 9.32 Å². The van der Waals surface area contributed by atoms with Crippen LogP contribution in [0.25, 0.3) is 11.3 Å². The number of fused-ring (bicyclic) bond motifs is 1. The third-order valence-electron chi connectivity index (χ3n) is 5.15. The highest BCUT2D eigenvalue weighted by Gasteiger charge is 2.36. The molecule has 8 nitrogen and oxygen atoms in total. The fourth-order valence-electron chi connectivity index (χ4n) is 3.72. The number of amides is 2. The van der Waals surface area contributed by atoms with E-state index in [1.807, 2.05) is 6.92 Å². The van der Waals surface area contributed by atoms with Crippen molar-refractivity contribution in [2.24, 2.45) is 0 Å². The molecule has 2 aromatic heterocycles. The van der Waals surface area contributed by atoms with Crippen molar-refractivity contribution in [3.05, 3.63) is 60.6 Å². The van der Waals surface area contributed by atoms with Crippen molar-refractivity contribution in [1.82, 2.24) is 4.98 Å². The Balaban J connectivity index is 1.81. The number of rotatable bonds is 3. The van der Waals surface area contributed by atoms with Gasteiger partial charge in [-0.1, -0.05) is 12.1 Å². The zero-order valence-electron chi connectivity index (χ0n) is 17.3. The molecular weight excluding hydrogens is 418 g/mol. The molecule has 0 spiro atoms. The first-order valence-electron chi connectivity index (χ1n) is 9.63. The van der Waals surface area contributed by atoms with Crippen molar-refractivity contribution in [3.8, 4) is 11.3 Å². The van der Waals surface area contributed by atoms with Crippen LogP contribution in [0.15, 0.2) is 64.1 Å². The summed E-state index contributed by atoms with van der Waals surface area (Å²) in [6.45, 7) is 3.60. The number of hydrogen-bond acceptors (Lipinski definition) is 6. The molecule has 1 atom stereocenters. The highest BCUT2D eigenvalue weighted by atomic mass is 32.2. The van der Waals surface area contributed by atoms with Gasteiger partial charge in [0.05, 0.1) is 28.6 Å². The zero-order valence-corrected chi connectivity index (χ0v) is 18.1. The van der Waals surface area contributed by atoms with Gasteiger partial charge in [0.1, 0.15) is 0 Å². The van der Waals surface area contributed by atoms with Crippen LogP contribution in [0.4, 0.5) is 11.5 Å². The number of carbonyl (C=O) groups is 2. The highest BCUT2D eigenvalue weighted by molar-refractivity contribution is 7.90.